The number of aromatic nitrogens is 3. The third kappa shape index (κ3) is 3.79. The van der Waals surface area contributed by atoms with E-state index >= 15 is 0 Å². The first-order valence-corrected chi connectivity index (χ1v) is 10.4. The number of nitrogens with one attached hydrogen (secondary N) is 1. The van der Waals surface area contributed by atoms with Crippen molar-refractivity contribution in [2.24, 2.45) is 16.0 Å². The molecule has 2 aromatic carbocycles. The molecular formula is C21H18N6O2S. The Bertz CT molecular complexity index is 1210. The van der Waals surface area contributed by atoms with E-state index in [0.29, 0.717) is 27.8 Å². The summed E-state index contributed by atoms with van der Waals surface area (Å²) in [5.74, 6) is -0.761. The smallest absolute Gasteiger partial charge is 0.278 e. The number of hydrogen-bond donors (Lipinski definition) is 1. The van der Waals surface area contributed by atoms with Crippen LogP contribution >= 0.6 is 11.8 Å². The van der Waals surface area contributed by atoms with E-state index < -0.39 is 5.92 Å². The van der Waals surface area contributed by atoms with Gasteiger partial charge in [-0.2, -0.15) is 10.1 Å². The Morgan fingerprint density at radius 3 is 2.53 bits per heavy atom. The standard InChI is InChI=1S/C21H18N6O2S/c1-13-16(20(29)27(26-13)14-8-4-3-5-9-14)12-22-17-11-7-6-10-15(17)18-19(28)23-21(30-2)25-24-18/h3-12,16H,1-2H3,(H,23,25,28). The molecule has 1 unspecified atom stereocenters. The third-order valence-corrected chi connectivity index (χ3v) is 5.15. The number of hydrazone groups is 1. The number of aromatic amines is 1. The summed E-state index contributed by atoms with van der Waals surface area (Å²) in [6.07, 6.45) is 3.36. The molecule has 30 heavy (non-hydrogen) atoms. The molecule has 0 spiro atoms. The van der Waals surface area contributed by atoms with E-state index in [-0.39, 0.29) is 17.2 Å². The average molecular weight is 418 g/mol. The minimum atomic E-state index is -0.582. The molecule has 1 aromatic heterocycles. The zero-order valence-corrected chi connectivity index (χ0v) is 17.1. The topological polar surface area (TPSA) is 104 Å². The van der Waals surface area contributed by atoms with Gasteiger partial charge in [-0.1, -0.05) is 48.2 Å². The van der Waals surface area contributed by atoms with Crippen molar-refractivity contribution in [3.63, 3.8) is 0 Å². The molecule has 1 N–H and O–H groups in total. The van der Waals surface area contributed by atoms with Crippen molar-refractivity contribution in [3.05, 3.63) is 65.0 Å². The van der Waals surface area contributed by atoms with Crippen LogP contribution < -0.4 is 10.6 Å². The Balaban J connectivity index is 1.64. The molecule has 2 heterocycles. The summed E-state index contributed by atoms with van der Waals surface area (Å²) in [5, 5.41) is 14.3. The lowest BCUT2D eigenvalue weighted by atomic mass is 10.1. The quantitative estimate of drug-likeness (QED) is 0.506. The summed E-state index contributed by atoms with van der Waals surface area (Å²) in [6.45, 7) is 1.79. The first-order chi connectivity index (χ1) is 14.6. The van der Waals surface area contributed by atoms with Crippen molar-refractivity contribution in [1.82, 2.24) is 15.2 Å². The molecule has 0 saturated heterocycles. The molecule has 0 fully saturated rings. The van der Waals surface area contributed by atoms with Crippen LogP contribution in [-0.4, -0.2) is 39.3 Å². The van der Waals surface area contributed by atoms with Crippen LogP contribution in [0.15, 0.2) is 74.6 Å². The highest BCUT2D eigenvalue weighted by atomic mass is 32.2. The van der Waals surface area contributed by atoms with Gasteiger partial charge in [0, 0.05) is 11.8 Å². The van der Waals surface area contributed by atoms with E-state index in [1.54, 1.807) is 37.6 Å². The second kappa shape index (κ2) is 8.42. The van der Waals surface area contributed by atoms with Gasteiger partial charge in [-0.15, -0.1) is 10.2 Å². The molecule has 3 aromatic rings. The Kier molecular flexibility index (Phi) is 5.53. The van der Waals surface area contributed by atoms with E-state index in [9.17, 15) is 9.59 Å². The number of nitrogens with zero attached hydrogens (tertiary/aromatic N) is 5. The maximum atomic E-state index is 12.9. The summed E-state index contributed by atoms with van der Waals surface area (Å²) < 4.78 is 0. The Morgan fingerprint density at radius 2 is 1.80 bits per heavy atom. The number of amides is 1. The van der Waals surface area contributed by atoms with Gasteiger partial charge in [-0.05, 0) is 31.4 Å². The normalized spacial score (nSPS) is 16.3. The number of hydrogen-bond acceptors (Lipinski definition) is 7. The second-order valence-corrected chi connectivity index (χ2v) is 7.31. The van der Waals surface area contributed by atoms with Crippen molar-refractivity contribution in [2.75, 3.05) is 11.3 Å². The molecule has 0 bridgehead atoms. The monoisotopic (exact) mass is 418 g/mol. The highest BCUT2D eigenvalue weighted by molar-refractivity contribution is 7.98. The van der Waals surface area contributed by atoms with Gasteiger partial charge >= 0.3 is 0 Å². The molecular weight excluding hydrogens is 400 g/mol. The molecule has 8 nitrogen and oxygen atoms in total. The summed E-state index contributed by atoms with van der Waals surface area (Å²) in [4.78, 5) is 32.5. The number of anilines is 1. The molecule has 1 aliphatic heterocycles. The van der Waals surface area contributed by atoms with Crippen LogP contribution in [0.1, 0.15) is 6.92 Å². The lowest BCUT2D eigenvalue weighted by molar-refractivity contribution is -0.118. The van der Waals surface area contributed by atoms with Gasteiger partial charge in [-0.25, -0.2) is 0 Å². The summed E-state index contributed by atoms with van der Waals surface area (Å²) in [7, 11) is 0. The number of carbonyl (C=O) groups is 1. The molecule has 9 heteroatoms. The van der Waals surface area contributed by atoms with Gasteiger partial charge in [0.2, 0.25) is 0 Å². The predicted octanol–water partition coefficient (Wildman–Crippen LogP) is 3.30. The van der Waals surface area contributed by atoms with Crippen LogP contribution in [0.3, 0.4) is 0 Å². The van der Waals surface area contributed by atoms with Gasteiger partial charge in [0.15, 0.2) is 10.9 Å². The van der Waals surface area contributed by atoms with Crippen LogP contribution in [0.5, 0.6) is 0 Å². The predicted molar refractivity (Wildman–Crippen MR) is 119 cm³/mol. The zero-order chi connectivity index (χ0) is 21.1. The van der Waals surface area contributed by atoms with Gasteiger partial charge in [0.05, 0.1) is 17.1 Å². The van der Waals surface area contributed by atoms with Crippen LogP contribution in [-0.2, 0) is 4.79 Å². The van der Waals surface area contributed by atoms with E-state index in [0.717, 1.165) is 0 Å². The first-order valence-electron chi connectivity index (χ1n) is 9.17. The third-order valence-electron chi connectivity index (χ3n) is 4.57. The van der Waals surface area contributed by atoms with Crippen LogP contribution in [0.4, 0.5) is 11.4 Å². The van der Waals surface area contributed by atoms with Gasteiger partial charge in [0.1, 0.15) is 5.92 Å². The summed E-state index contributed by atoms with van der Waals surface area (Å²) in [5.41, 5.74) is 2.24. The van der Waals surface area contributed by atoms with E-state index in [1.807, 2.05) is 36.4 Å². The lowest BCUT2D eigenvalue weighted by Gasteiger charge is -2.12. The van der Waals surface area contributed by atoms with Crippen molar-refractivity contribution in [3.8, 4) is 11.3 Å². The number of aliphatic imine (C=N–C) groups is 1. The summed E-state index contributed by atoms with van der Waals surface area (Å²) in [6, 6.07) is 16.4. The van der Waals surface area contributed by atoms with E-state index in [1.165, 1.54) is 16.8 Å². The first kappa shape index (κ1) is 19.7. The SMILES string of the molecule is CSc1nnc(-c2ccccc2N=CC2C(=O)N(c3ccccc3)N=C2C)c(=O)[nH]1. The van der Waals surface area contributed by atoms with Crippen LogP contribution in [0.2, 0.25) is 0 Å². The fraction of sp³-hybridized carbons (Fsp3) is 0.143. The fourth-order valence-electron chi connectivity index (χ4n) is 3.04. The fourth-order valence-corrected chi connectivity index (χ4v) is 3.35. The summed E-state index contributed by atoms with van der Waals surface area (Å²) >= 11 is 1.30. The molecule has 4 rings (SSSR count). The number of benzene rings is 2. The lowest BCUT2D eigenvalue weighted by Crippen LogP contribution is -2.27. The molecule has 1 amide bonds. The molecule has 1 atom stereocenters. The maximum Gasteiger partial charge on any atom is 0.278 e. The number of rotatable bonds is 5. The highest BCUT2D eigenvalue weighted by Crippen LogP contribution is 2.28. The molecule has 1 aliphatic rings. The van der Waals surface area contributed by atoms with E-state index in [2.05, 4.69) is 25.3 Å². The van der Waals surface area contributed by atoms with Crippen molar-refractivity contribution < 1.29 is 4.79 Å². The van der Waals surface area contributed by atoms with Crippen LogP contribution in [0.25, 0.3) is 11.3 Å². The zero-order valence-electron chi connectivity index (χ0n) is 16.3. The van der Waals surface area contributed by atoms with Crippen molar-refractivity contribution in [2.45, 2.75) is 12.1 Å². The van der Waals surface area contributed by atoms with Gasteiger partial charge in [0.25, 0.3) is 11.5 Å². The highest BCUT2D eigenvalue weighted by Gasteiger charge is 2.33. The molecule has 0 radical (unpaired) electrons. The Hall–Kier alpha value is -3.59. The number of H-pyrrole nitrogens is 1. The van der Waals surface area contributed by atoms with Crippen molar-refractivity contribution in [1.29, 1.82) is 0 Å². The molecule has 0 saturated carbocycles. The van der Waals surface area contributed by atoms with Crippen LogP contribution in [0, 0.1) is 5.92 Å². The minimum absolute atomic E-state index is 0.176. The minimum Gasteiger partial charge on any atom is -0.298 e. The number of carbonyl (C=O) groups excluding carboxylic acids is 1. The number of para-hydroxylation sites is 2. The second-order valence-electron chi connectivity index (χ2n) is 6.51. The number of thioether (sulfide) groups is 1. The van der Waals surface area contributed by atoms with Gasteiger partial charge < -0.3 is 0 Å². The molecule has 150 valence electrons. The van der Waals surface area contributed by atoms with Crippen molar-refractivity contribution >= 4 is 41.0 Å². The Morgan fingerprint density at radius 1 is 1.07 bits per heavy atom. The molecule has 0 aliphatic carbocycles. The maximum absolute atomic E-state index is 12.9. The van der Waals surface area contributed by atoms with E-state index in [4.69, 9.17) is 0 Å². The van der Waals surface area contributed by atoms with Gasteiger partial charge in [-0.3, -0.25) is 19.6 Å². The largest absolute Gasteiger partial charge is 0.298 e. The Labute approximate surface area is 176 Å². The average Bonchev–Trinajstić information content (AvgIpc) is 3.06.